The van der Waals surface area contributed by atoms with Crippen molar-refractivity contribution in [3.8, 4) is 0 Å². The van der Waals surface area contributed by atoms with Gasteiger partial charge in [-0.2, -0.15) is 0 Å². The van der Waals surface area contributed by atoms with Gasteiger partial charge in [0, 0.05) is 10.9 Å². The van der Waals surface area contributed by atoms with Gasteiger partial charge >= 0.3 is 0 Å². The molecule has 0 aliphatic rings. The van der Waals surface area contributed by atoms with Crippen LogP contribution >= 0.6 is 11.3 Å². The summed E-state index contributed by atoms with van der Waals surface area (Å²) >= 11 is 1.80. The molecule has 80 valence electrons. The largest absolute Gasteiger partial charge is 0.323 e. The lowest BCUT2D eigenvalue weighted by Crippen LogP contribution is -2.14. The number of rotatable bonds is 5. The summed E-state index contributed by atoms with van der Waals surface area (Å²) in [5, 5.41) is 2.14. The van der Waals surface area contributed by atoms with E-state index in [9.17, 15) is 0 Å². The summed E-state index contributed by atoms with van der Waals surface area (Å²) in [5.74, 6) is 0.784. The first-order chi connectivity index (χ1) is 6.69. The number of aryl methyl sites for hydroxylation is 1. The molecule has 2 heteroatoms. The van der Waals surface area contributed by atoms with Gasteiger partial charge in [0.2, 0.25) is 0 Å². The summed E-state index contributed by atoms with van der Waals surface area (Å²) in [6.07, 6.45) is 3.62. The molecule has 0 aromatic carbocycles. The van der Waals surface area contributed by atoms with Crippen LogP contribution in [0.1, 0.15) is 49.6 Å². The van der Waals surface area contributed by atoms with E-state index < -0.39 is 0 Å². The maximum absolute atomic E-state index is 6.20. The lowest BCUT2D eigenvalue weighted by molar-refractivity contribution is 0.416. The van der Waals surface area contributed by atoms with Crippen molar-refractivity contribution in [3.05, 3.63) is 21.9 Å². The zero-order chi connectivity index (χ0) is 10.6. The lowest BCUT2D eigenvalue weighted by Gasteiger charge is -2.17. The van der Waals surface area contributed by atoms with Crippen LogP contribution in [0.3, 0.4) is 0 Å². The van der Waals surface area contributed by atoms with E-state index in [1.807, 2.05) is 0 Å². The van der Waals surface area contributed by atoms with Crippen molar-refractivity contribution in [3.63, 3.8) is 0 Å². The second-order valence-electron chi connectivity index (χ2n) is 3.99. The fourth-order valence-electron chi connectivity index (χ4n) is 1.85. The van der Waals surface area contributed by atoms with Crippen LogP contribution in [0.2, 0.25) is 0 Å². The third kappa shape index (κ3) is 2.82. The van der Waals surface area contributed by atoms with Gasteiger partial charge in [-0.3, -0.25) is 0 Å². The molecule has 1 aromatic heterocycles. The maximum Gasteiger partial charge on any atom is 0.0395 e. The second-order valence-corrected chi connectivity index (χ2v) is 4.94. The van der Waals surface area contributed by atoms with Gasteiger partial charge in [-0.05, 0) is 36.3 Å². The molecule has 0 spiro atoms. The second kappa shape index (κ2) is 5.52. The third-order valence-corrected chi connectivity index (χ3v) is 4.13. The van der Waals surface area contributed by atoms with E-state index in [-0.39, 0.29) is 6.04 Å². The Hall–Kier alpha value is -0.340. The SMILES string of the molecule is CCC(CC)CC(N)c1sccc1C. The molecular weight excluding hydrogens is 190 g/mol. The number of thiophene rings is 1. The predicted molar refractivity (Wildman–Crippen MR) is 64.7 cm³/mol. The molecule has 1 aromatic rings. The van der Waals surface area contributed by atoms with E-state index in [1.54, 1.807) is 11.3 Å². The van der Waals surface area contributed by atoms with Crippen LogP contribution in [0.5, 0.6) is 0 Å². The molecule has 0 aliphatic carbocycles. The van der Waals surface area contributed by atoms with Crippen LogP contribution in [-0.2, 0) is 0 Å². The van der Waals surface area contributed by atoms with Gasteiger partial charge in [-0.1, -0.05) is 26.7 Å². The van der Waals surface area contributed by atoms with Crippen molar-refractivity contribution in [2.24, 2.45) is 11.7 Å². The molecule has 1 rings (SSSR count). The highest BCUT2D eigenvalue weighted by atomic mass is 32.1. The monoisotopic (exact) mass is 211 g/mol. The number of nitrogens with two attached hydrogens (primary N) is 1. The van der Waals surface area contributed by atoms with E-state index in [0.717, 1.165) is 12.3 Å². The number of hydrogen-bond acceptors (Lipinski definition) is 2. The Morgan fingerprint density at radius 1 is 1.36 bits per heavy atom. The van der Waals surface area contributed by atoms with Crippen molar-refractivity contribution >= 4 is 11.3 Å². The van der Waals surface area contributed by atoms with Gasteiger partial charge in [0.25, 0.3) is 0 Å². The minimum Gasteiger partial charge on any atom is -0.323 e. The van der Waals surface area contributed by atoms with Crippen LogP contribution in [0.25, 0.3) is 0 Å². The summed E-state index contributed by atoms with van der Waals surface area (Å²) in [7, 11) is 0. The van der Waals surface area contributed by atoms with Gasteiger partial charge in [0.1, 0.15) is 0 Å². The first-order valence-corrected chi connectivity index (χ1v) is 6.36. The Bertz CT molecular complexity index is 263. The van der Waals surface area contributed by atoms with Crippen LogP contribution in [0.15, 0.2) is 11.4 Å². The minimum atomic E-state index is 0.250. The summed E-state index contributed by atoms with van der Waals surface area (Å²) < 4.78 is 0. The molecule has 1 atom stereocenters. The van der Waals surface area contributed by atoms with Crippen molar-refractivity contribution in [1.82, 2.24) is 0 Å². The Morgan fingerprint density at radius 3 is 2.43 bits per heavy atom. The zero-order valence-electron chi connectivity index (χ0n) is 9.42. The van der Waals surface area contributed by atoms with Crippen molar-refractivity contribution < 1.29 is 0 Å². The standard InChI is InChI=1S/C12H21NS/c1-4-10(5-2)8-11(13)12-9(3)6-7-14-12/h6-7,10-11H,4-5,8,13H2,1-3H3. The fraction of sp³-hybridized carbons (Fsp3) is 0.667. The fourth-order valence-corrected chi connectivity index (χ4v) is 2.80. The van der Waals surface area contributed by atoms with Gasteiger partial charge in [-0.25, -0.2) is 0 Å². The first kappa shape index (κ1) is 11.7. The summed E-state index contributed by atoms with van der Waals surface area (Å²) in [4.78, 5) is 1.37. The summed E-state index contributed by atoms with van der Waals surface area (Å²) in [5.41, 5.74) is 7.56. The molecule has 1 unspecified atom stereocenters. The topological polar surface area (TPSA) is 26.0 Å². The molecule has 0 aliphatic heterocycles. The number of hydrogen-bond donors (Lipinski definition) is 1. The lowest BCUT2D eigenvalue weighted by atomic mass is 9.94. The van der Waals surface area contributed by atoms with E-state index in [1.165, 1.54) is 23.3 Å². The Kier molecular flexibility index (Phi) is 4.63. The van der Waals surface area contributed by atoms with E-state index in [0.29, 0.717) is 0 Å². The Balaban J connectivity index is 2.58. The van der Waals surface area contributed by atoms with Crippen molar-refractivity contribution in [1.29, 1.82) is 0 Å². The molecule has 0 saturated carbocycles. The normalized spacial score (nSPS) is 13.5. The van der Waals surface area contributed by atoms with E-state index in [4.69, 9.17) is 5.73 Å². The zero-order valence-corrected chi connectivity index (χ0v) is 10.2. The molecule has 14 heavy (non-hydrogen) atoms. The van der Waals surface area contributed by atoms with Gasteiger partial charge in [-0.15, -0.1) is 11.3 Å². The molecule has 1 nitrogen and oxygen atoms in total. The van der Waals surface area contributed by atoms with Crippen LogP contribution in [0, 0.1) is 12.8 Å². The molecule has 0 saturated heterocycles. The molecule has 0 radical (unpaired) electrons. The molecule has 2 N–H and O–H groups in total. The highest BCUT2D eigenvalue weighted by Gasteiger charge is 2.14. The van der Waals surface area contributed by atoms with Crippen LogP contribution in [0.4, 0.5) is 0 Å². The van der Waals surface area contributed by atoms with Gasteiger partial charge in [0.15, 0.2) is 0 Å². The third-order valence-electron chi connectivity index (χ3n) is 2.98. The minimum absolute atomic E-state index is 0.250. The molecule has 1 heterocycles. The van der Waals surface area contributed by atoms with E-state index in [2.05, 4.69) is 32.2 Å². The highest BCUT2D eigenvalue weighted by molar-refractivity contribution is 7.10. The molecule has 0 amide bonds. The Morgan fingerprint density at radius 2 is 2.00 bits per heavy atom. The summed E-state index contributed by atoms with van der Waals surface area (Å²) in [6.45, 7) is 6.66. The Labute approximate surface area is 91.3 Å². The maximum atomic E-state index is 6.20. The quantitative estimate of drug-likeness (QED) is 0.786. The van der Waals surface area contributed by atoms with E-state index >= 15 is 0 Å². The first-order valence-electron chi connectivity index (χ1n) is 5.48. The molecular formula is C12H21NS. The van der Waals surface area contributed by atoms with Crippen LogP contribution < -0.4 is 5.73 Å². The average molecular weight is 211 g/mol. The van der Waals surface area contributed by atoms with Crippen LogP contribution in [-0.4, -0.2) is 0 Å². The highest BCUT2D eigenvalue weighted by Crippen LogP contribution is 2.28. The average Bonchev–Trinajstić information content (AvgIpc) is 2.60. The van der Waals surface area contributed by atoms with Crippen molar-refractivity contribution in [2.45, 2.75) is 46.1 Å². The molecule has 0 bridgehead atoms. The molecule has 0 fully saturated rings. The van der Waals surface area contributed by atoms with Gasteiger partial charge < -0.3 is 5.73 Å². The summed E-state index contributed by atoms with van der Waals surface area (Å²) in [6, 6.07) is 2.41. The van der Waals surface area contributed by atoms with Gasteiger partial charge in [0.05, 0.1) is 0 Å². The predicted octanol–water partition coefficient (Wildman–Crippen LogP) is 3.88. The van der Waals surface area contributed by atoms with Crippen molar-refractivity contribution in [2.75, 3.05) is 0 Å². The smallest absolute Gasteiger partial charge is 0.0395 e.